The van der Waals surface area contributed by atoms with Crippen molar-refractivity contribution in [1.29, 1.82) is 0 Å². The Kier molecular flexibility index (Phi) is 6.69. The van der Waals surface area contributed by atoms with E-state index in [1.165, 1.54) is 7.11 Å². The lowest BCUT2D eigenvalue weighted by Crippen LogP contribution is -2.54. The SMILES string of the molecule is COC(=O)c1ccc(Br)cc1CN1CCN(C(=O)OC(C)(C)C)C[C@H]1C. The zero-order valence-electron chi connectivity index (χ0n) is 16.0. The Labute approximate surface area is 163 Å². The summed E-state index contributed by atoms with van der Waals surface area (Å²) < 4.78 is 11.3. The third-order valence-corrected chi connectivity index (χ3v) is 4.76. The van der Waals surface area contributed by atoms with Gasteiger partial charge < -0.3 is 14.4 Å². The molecule has 0 bridgehead atoms. The Morgan fingerprint density at radius 2 is 1.96 bits per heavy atom. The molecule has 1 heterocycles. The van der Waals surface area contributed by atoms with Crippen LogP contribution in [-0.4, -0.2) is 60.2 Å². The van der Waals surface area contributed by atoms with Gasteiger partial charge in [-0.25, -0.2) is 9.59 Å². The molecule has 2 rings (SSSR count). The molecule has 1 aliphatic heterocycles. The molecule has 0 aromatic heterocycles. The third kappa shape index (κ3) is 5.45. The number of hydrogen-bond acceptors (Lipinski definition) is 5. The summed E-state index contributed by atoms with van der Waals surface area (Å²) in [5, 5.41) is 0. The van der Waals surface area contributed by atoms with Gasteiger partial charge in [-0.1, -0.05) is 15.9 Å². The Balaban J connectivity index is 2.06. The molecule has 0 radical (unpaired) electrons. The number of carbonyl (C=O) groups is 2. The average Bonchev–Trinajstić information content (AvgIpc) is 2.54. The van der Waals surface area contributed by atoms with E-state index in [1.54, 1.807) is 11.0 Å². The zero-order chi connectivity index (χ0) is 19.5. The molecule has 0 N–H and O–H groups in total. The van der Waals surface area contributed by atoms with Gasteiger partial charge in [0, 0.05) is 36.7 Å². The van der Waals surface area contributed by atoms with Crippen molar-refractivity contribution in [2.24, 2.45) is 0 Å². The number of halogens is 1. The van der Waals surface area contributed by atoms with Crippen LogP contribution < -0.4 is 0 Å². The highest BCUT2D eigenvalue weighted by atomic mass is 79.9. The van der Waals surface area contributed by atoms with Crippen molar-refractivity contribution in [3.8, 4) is 0 Å². The van der Waals surface area contributed by atoms with Crippen LogP contribution in [0.15, 0.2) is 22.7 Å². The molecular formula is C19H27BrN2O4. The van der Waals surface area contributed by atoms with Gasteiger partial charge in [-0.15, -0.1) is 0 Å². The molecule has 7 heteroatoms. The zero-order valence-corrected chi connectivity index (χ0v) is 17.6. The number of methoxy groups -OCH3 is 1. The lowest BCUT2D eigenvalue weighted by molar-refractivity contribution is 0.00458. The van der Waals surface area contributed by atoms with Crippen LogP contribution in [0.3, 0.4) is 0 Å². The van der Waals surface area contributed by atoms with Crippen molar-refractivity contribution >= 4 is 28.0 Å². The number of piperazine rings is 1. The second kappa shape index (κ2) is 8.39. The van der Waals surface area contributed by atoms with E-state index < -0.39 is 5.60 Å². The number of ether oxygens (including phenoxy) is 2. The van der Waals surface area contributed by atoms with Crippen LogP contribution >= 0.6 is 15.9 Å². The van der Waals surface area contributed by atoms with E-state index in [9.17, 15) is 9.59 Å². The first-order valence-corrected chi connectivity index (χ1v) is 9.48. The van der Waals surface area contributed by atoms with Gasteiger partial charge in [0.25, 0.3) is 0 Å². The quantitative estimate of drug-likeness (QED) is 0.689. The van der Waals surface area contributed by atoms with Gasteiger partial charge in [0.05, 0.1) is 12.7 Å². The summed E-state index contributed by atoms with van der Waals surface area (Å²) in [6.45, 7) is 10.2. The van der Waals surface area contributed by atoms with Gasteiger partial charge in [-0.3, -0.25) is 4.90 Å². The average molecular weight is 427 g/mol. The highest BCUT2D eigenvalue weighted by molar-refractivity contribution is 9.10. The maximum absolute atomic E-state index is 12.3. The fraction of sp³-hybridized carbons (Fsp3) is 0.579. The minimum absolute atomic E-state index is 0.153. The number of amides is 1. The highest BCUT2D eigenvalue weighted by Gasteiger charge is 2.30. The molecule has 0 spiro atoms. The molecule has 0 aliphatic carbocycles. The molecule has 1 aromatic carbocycles. The van der Waals surface area contributed by atoms with E-state index >= 15 is 0 Å². The number of carbonyl (C=O) groups excluding carboxylic acids is 2. The Morgan fingerprint density at radius 3 is 2.54 bits per heavy atom. The molecule has 6 nitrogen and oxygen atoms in total. The standard InChI is InChI=1S/C19H27BrN2O4/c1-13-11-22(18(24)26-19(2,3)4)9-8-21(13)12-14-10-15(20)6-7-16(14)17(23)25-5/h6-7,10,13H,8-9,11-12H2,1-5H3/t13-/m1/s1. The predicted molar refractivity (Wildman–Crippen MR) is 103 cm³/mol. The molecule has 0 saturated carbocycles. The van der Waals surface area contributed by atoms with E-state index in [1.807, 2.05) is 32.9 Å². The second-order valence-corrected chi connectivity index (χ2v) is 8.45. The first-order chi connectivity index (χ1) is 12.1. The molecule has 1 amide bonds. The molecule has 0 unspecified atom stereocenters. The Hall–Kier alpha value is -1.60. The number of benzene rings is 1. The molecular weight excluding hydrogens is 400 g/mol. The third-order valence-electron chi connectivity index (χ3n) is 4.26. The van der Waals surface area contributed by atoms with Crippen molar-refractivity contribution < 1.29 is 19.1 Å². The van der Waals surface area contributed by atoms with Crippen molar-refractivity contribution in [3.05, 3.63) is 33.8 Å². The summed E-state index contributed by atoms with van der Waals surface area (Å²) in [6, 6.07) is 5.70. The summed E-state index contributed by atoms with van der Waals surface area (Å²) in [7, 11) is 1.39. The number of nitrogens with zero attached hydrogens (tertiary/aromatic N) is 2. The van der Waals surface area contributed by atoms with E-state index in [0.717, 1.165) is 10.0 Å². The van der Waals surface area contributed by atoms with Crippen molar-refractivity contribution in [2.45, 2.75) is 45.9 Å². The monoisotopic (exact) mass is 426 g/mol. The molecule has 1 fully saturated rings. The van der Waals surface area contributed by atoms with Crippen LogP contribution in [0.5, 0.6) is 0 Å². The van der Waals surface area contributed by atoms with Crippen LogP contribution in [0.25, 0.3) is 0 Å². The second-order valence-electron chi connectivity index (χ2n) is 7.54. The lowest BCUT2D eigenvalue weighted by Gasteiger charge is -2.40. The summed E-state index contributed by atoms with van der Waals surface area (Å²) in [5.41, 5.74) is 0.977. The first kappa shape index (κ1) is 20.7. The van der Waals surface area contributed by atoms with Gasteiger partial charge in [-0.05, 0) is 51.5 Å². The van der Waals surface area contributed by atoms with Crippen LogP contribution in [0, 0.1) is 0 Å². The highest BCUT2D eigenvalue weighted by Crippen LogP contribution is 2.22. The maximum Gasteiger partial charge on any atom is 0.410 e. The van der Waals surface area contributed by atoms with Gasteiger partial charge in [0.15, 0.2) is 0 Å². The first-order valence-electron chi connectivity index (χ1n) is 8.69. The number of hydrogen-bond donors (Lipinski definition) is 0. The van der Waals surface area contributed by atoms with Gasteiger partial charge in [0.2, 0.25) is 0 Å². The minimum Gasteiger partial charge on any atom is -0.465 e. The maximum atomic E-state index is 12.3. The molecule has 26 heavy (non-hydrogen) atoms. The molecule has 1 aliphatic rings. The largest absolute Gasteiger partial charge is 0.465 e. The van der Waals surface area contributed by atoms with Gasteiger partial charge in [-0.2, -0.15) is 0 Å². The van der Waals surface area contributed by atoms with Gasteiger partial charge >= 0.3 is 12.1 Å². The topological polar surface area (TPSA) is 59.1 Å². The van der Waals surface area contributed by atoms with Crippen molar-refractivity contribution in [2.75, 3.05) is 26.7 Å². The lowest BCUT2D eigenvalue weighted by atomic mass is 10.1. The van der Waals surface area contributed by atoms with E-state index in [4.69, 9.17) is 9.47 Å². The normalized spacial score (nSPS) is 18.5. The Morgan fingerprint density at radius 1 is 1.27 bits per heavy atom. The molecule has 1 aromatic rings. The fourth-order valence-corrected chi connectivity index (χ4v) is 3.35. The molecule has 1 saturated heterocycles. The van der Waals surface area contributed by atoms with E-state index in [2.05, 4.69) is 27.8 Å². The smallest absolute Gasteiger partial charge is 0.410 e. The summed E-state index contributed by atoms with van der Waals surface area (Å²) in [5.74, 6) is -0.340. The van der Waals surface area contributed by atoms with Crippen LogP contribution in [0.4, 0.5) is 4.79 Å². The summed E-state index contributed by atoms with van der Waals surface area (Å²) in [4.78, 5) is 28.3. The number of rotatable bonds is 3. The van der Waals surface area contributed by atoms with Gasteiger partial charge in [0.1, 0.15) is 5.60 Å². The fourth-order valence-electron chi connectivity index (χ4n) is 2.94. The van der Waals surface area contributed by atoms with E-state index in [0.29, 0.717) is 31.7 Å². The van der Waals surface area contributed by atoms with Crippen molar-refractivity contribution in [1.82, 2.24) is 9.80 Å². The Bertz CT molecular complexity index is 672. The van der Waals surface area contributed by atoms with Crippen LogP contribution in [-0.2, 0) is 16.0 Å². The molecule has 1 atom stereocenters. The summed E-state index contributed by atoms with van der Waals surface area (Å²) in [6.07, 6.45) is -0.276. The molecule has 144 valence electrons. The number of esters is 1. The summed E-state index contributed by atoms with van der Waals surface area (Å²) >= 11 is 3.46. The van der Waals surface area contributed by atoms with E-state index in [-0.39, 0.29) is 18.1 Å². The van der Waals surface area contributed by atoms with Crippen molar-refractivity contribution in [3.63, 3.8) is 0 Å². The minimum atomic E-state index is -0.497. The predicted octanol–water partition coefficient (Wildman–Crippen LogP) is 3.68. The van der Waals surface area contributed by atoms with Crippen LogP contribution in [0.2, 0.25) is 0 Å². The van der Waals surface area contributed by atoms with Crippen LogP contribution in [0.1, 0.15) is 43.6 Å².